The van der Waals surface area contributed by atoms with Gasteiger partial charge in [0.05, 0.1) is 17.1 Å². The molecule has 0 fully saturated rings. The number of rotatable bonds is 5. The molecule has 2 atom stereocenters. The summed E-state index contributed by atoms with van der Waals surface area (Å²) in [5.74, 6) is 0.962. The van der Waals surface area contributed by atoms with Crippen LogP contribution in [-0.4, -0.2) is 23.1 Å². The highest BCUT2D eigenvalue weighted by atomic mass is 35.5. The fraction of sp³-hybridized carbons (Fsp3) is 0.318. The van der Waals surface area contributed by atoms with Crippen LogP contribution in [0.1, 0.15) is 42.2 Å². The number of aromatic nitrogens is 1. The number of nitrogens with zero attached hydrogens (tertiary/aromatic N) is 1. The summed E-state index contributed by atoms with van der Waals surface area (Å²) in [4.78, 5) is 13.0. The van der Waals surface area contributed by atoms with Crippen LogP contribution in [-0.2, 0) is 6.54 Å². The number of amides is 1. The molecule has 27 heavy (non-hydrogen) atoms. The highest BCUT2D eigenvalue weighted by Gasteiger charge is 2.27. The van der Waals surface area contributed by atoms with Crippen molar-refractivity contribution in [2.24, 2.45) is 0 Å². The van der Waals surface area contributed by atoms with Crippen molar-refractivity contribution >= 4 is 28.4 Å². The van der Waals surface area contributed by atoms with Crippen molar-refractivity contribution in [3.05, 3.63) is 64.8 Å². The second-order valence-corrected chi connectivity index (χ2v) is 7.53. The fourth-order valence-corrected chi connectivity index (χ4v) is 3.86. The zero-order valence-electron chi connectivity index (χ0n) is 15.5. The van der Waals surface area contributed by atoms with E-state index < -0.39 is 0 Å². The summed E-state index contributed by atoms with van der Waals surface area (Å²) < 4.78 is 8.10. The molecule has 0 radical (unpaired) electrons. The first-order valence-corrected chi connectivity index (χ1v) is 9.77. The van der Waals surface area contributed by atoms with Gasteiger partial charge in [-0.3, -0.25) is 4.79 Å². The average molecular weight is 383 g/mol. The first-order chi connectivity index (χ1) is 13.1. The van der Waals surface area contributed by atoms with Crippen molar-refractivity contribution in [1.29, 1.82) is 0 Å². The van der Waals surface area contributed by atoms with Crippen LogP contribution < -0.4 is 10.1 Å². The van der Waals surface area contributed by atoms with Crippen molar-refractivity contribution in [2.45, 2.75) is 38.8 Å². The molecule has 0 bridgehead atoms. The molecule has 0 unspecified atom stereocenters. The summed E-state index contributed by atoms with van der Waals surface area (Å²) in [6, 6.07) is 15.8. The van der Waals surface area contributed by atoms with E-state index in [1.165, 1.54) is 5.56 Å². The normalized spacial score (nSPS) is 16.8. The summed E-state index contributed by atoms with van der Waals surface area (Å²) >= 11 is 6.38. The van der Waals surface area contributed by atoms with Crippen LogP contribution in [0.5, 0.6) is 5.75 Å². The molecule has 4 rings (SSSR count). The summed E-state index contributed by atoms with van der Waals surface area (Å²) in [5.41, 5.74) is 2.76. The van der Waals surface area contributed by atoms with Crippen LogP contribution in [0.2, 0.25) is 5.02 Å². The van der Waals surface area contributed by atoms with E-state index in [1.807, 2.05) is 36.4 Å². The van der Waals surface area contributed by atoms with E-state index >= 15 is 0 Å². The predicted molar refractivity (Wildman–Crippen MR) is 109 cm³/mol. The summed E-state index contributed by atoms with van der Waals surface area (Å²) in [5, 5.41) is 4.59. The lowest BCUT2D eigenvalue weighted by Crippen LogP contribution is -2.32. The van der Waals surface area contributed by atoms with E-state index in [4.69, 9.17) is 16.3 Å². The molecule has 0 spiro atoms. The largest absolute Gasteiger partial charge is 0.486 e. The van der Waals surface area contributed by atoms with Crippen molar-refractivity contribution in [2.75, 3.05) is 6.54 Å². The third-order valence-corrected chi connectivity index (χ3v) is 5.60. The van der Waals surface area contributed by atoms with E-state index in [1.54, 1.807) is 0 Å². The van der Waals surface area contributed by atoms with Crippen LogP contribution in [0.4, 0.5) is 0 Å². The van der Waals surface area contributed by atoms with Crippen molar-refractivity contribution in [3.63, 3.8) is 0 Å². The van der Waals surface area contributed by atoms with Crippen molar-refractivity contribution < 1.29 is 9.53 Å². The maximum absolute atomic E-state index is 13.0. The van der Waals surface area contributed by atoms with Gasteiger partial charge in [-0.25, -0.2) is 0 Å². The van der Waals surface area contributed by atoms with Crippen LogP contribution in [0.3, 0.4) is 0 Å². The fourth-order valence-electron chi connectivity index (χ4n) is 3.66. The van der Waals surface area contributed by atoms with Gasteiger partial charge in [0.2, 0.25) is 0 Å². The first-order valence-electron chi connectivity index (χ1n) is 9.40. The molecule has 0 saturated carbocycles. The second kappa shape index (κ2) is 7.28. The number of carbonyl (C=O) groups is 1. The Balaban J connectivity index is 1.61. The number of nitrogens with one attached hydrogen (secondary N) is 1. The van der Waals surface area contributed by atoms with E-state index in [0.29, 0.717) is 23.8 Å². The van der Waals surface area contributed by atoms with Gasteiger partial charge in [0.1, 0.15) is 17.5 Å². The molecule has 0 saturated heterocycles. The Hall–Kier alpha value is -2.46. The van der Waals surface area contributed by atoms with E-state index in [2.05, 4.69) is 35.9 Å². The van der Waals surface area contributed by atoms with Gasteiger partial charge in [0.25, 0.3) is 5.91 Å². The standard InChI is InChI=1S/C22H23ClN2O2/c1-3-16-13-25-19(11-17-18(23)9-10-20(27-16)21(17)25)22(26)24-12-14(2)15-7-5-4-6-8-15/h4-11,14,16H,3,12-13H2,1-2H3,(H,24,26)/t14-,16+/m1/s1. The Bertz CT molecular complexity index is 981. The Morgan fingerprint density at radius 3 is 2.81 bits per heavy atom. The van der Waals surface area contributed by atoms with Crippen LogP contribution in [0.25, 0.3) is 10.9 Å². The SMILES string of the molecule is CC[C@H]1Cn2c(C(=O)NC[C@@H](C)c3ccccc3)cc3c(Cl)ccc(c32)O1. The van der Waals surface area contributed by atoms with Gasteiger partial charge >= 0.3 is 0 Å². The highest BCUT2D eigenvalue weighted by Crippen LogP contribution is 2.38. The Morgan fingerprint density at radius 2 is 2.07 bits per heavy atom. The van der Waals surface area contributed by atoms with E-state index in [0.717, 1.165) is 23.1 Å². The number of hydrogen-bond acceptors (Lipinski definition) is 2. The van der Waals surface area contributed by atoms with Crippen LogP contribution in [0.15, 0.2) is 48.5 Å². The molecule has 140 valence electrons. The number of carbonyl (C=O) groups excluding carboxylic acids is 1. The molecule has 1 aliphatic rings. The van der Waals surface area contributed by atoms with Gasteiger partial charge in [0, 0.05) is 11.9 Å². The molecule has 1 amide bonds. The maximum atomic E-state index is 13.0. The van der Waals surface area contributed by atoms with Gasteiger partial charge in [-0.05, 0) is 36.1 Å². The lowest BCUT2D eigenvalue weighted by atomic mass is 10.0. The molecule has 0 aliphatic carbocycles. The van der Waals surface area contributed by atoms with Gasteiger partial charge in [-0.1, -0.05) is 55.8 Å². The Kier molecular flexibility index (Phi) is 4.83. The number of ether oxygens (including phenoxy) is 1. The maximum Gasteiger partial charge on any atom is 0.267 e. The molecule has 2 aromatic carbocycles. The monoisotopic (exact) mass is 382 g/mol. The van der Waals surface area contributed by atoms with Crippen LogP contribution in [0, 0.1) is 0 Å². The zero-order valence-corrected chi connectivity index (χ0v) is 16.3. The Labute approximate surface area is 164 Å². The zero-order chi connectivity index (χ0) is 19.0. The summed E-state index contributed by atoms with van der Waals surface area (Å²) in [7, 11) is 0. The van der Waals surface area contributed by atoms with Gasteiger partial charge in [0.15, 0.2) is 0 Å². The number of halogens is 1. The molecule has 3 aromatic rings. The van der Waals surface area contributed by atoms with Crippen LogP contribution >= 0.6 is 11.6 Å². The van der Waals surface area contributed by atoms with Crippen molar-refractivity contribution in [3.8, 4) is 5.75 Å². The molecule has 1 aliphatic heterocycles. The lowest BCUT2D eigenvalue weighted by molar-refractivity contribution is 0.0936. The smallest absolute Gasteiger partial charge is 0.267 e. The quantitative estimate of drug-likeness (QED) is 0.674. The highest BCUT2D eigenvalue weighted by molar-refractivity contribution is 6.36. The molecular formula is C22H23ClN2O2. The third-order valence-electron chi connectivity index (χ3n) is 5.27. The minimum atomic E-state index is -0.0762. The van der Waals surface area contributed by atoms with Gasteiger partial charge < -0.3 is 14.6 Å². The van der Waals surface area contributed by atoms with E-state index in [-0.39, 0.29) is 17.9 Å². The molecule has 1 N–H and O–H groups in total. The molecule has 5 heteroatoms. The van der Waals surface area contributed by atoms with E-state index in [9.17, 15) is 4.79 Å². The molecule has 1 aromatic heterocycles. The molecule has 4 nitrogen and oxygen atoms in total. The predicted octanol–water partition coefficient (Wildman–Crippen LogP) is 5.00. The van der Waals surface area contributed by atoms with Gasteiger partial charge in [-0.2, -0.15) is 0 Å². The minimum Gasteiger partial charge on any atom is -0.486 e. The topological polar surface area (TPSA) is 43.3 Å². The summed E-state index contributed by atoms with van der Waals surface area (Å²) in [6.07, 6.45) is 0.942. The summed E-state index contributed by atoms with van der Waals surface area (Å²) in [6.45, 7) is 5.45. The Morgan fingerprint density at radius 1 is 1.30 bits per heavy atom. The third kappa shape index (κ3) is 3.30. The first kappa shape index (κ1) is 17.9. The minimum absolute atomic E-state index is 0.0593. The number of benzene rings is 2. The second-order valence-electron chi connectivity index (χ2n) is 7.12. The molecule has 2 heterocycles. The number of hydrogen-bond donors (Lipinski definition) is 1. The lowest BCUT2D eigenvalue weighted by Gasteiger charge is -2.26. The van der Waals surface area contributed by atoms with Crippen molar-refractivity contribution in [1.82, 2.24) is 9.88 Å². The molecular weight excluding hydrogens is 360 g/mol. The van der Waals surface area contributed by atoms with Gasteiger partial charge in [-0.15, -0.1) is 0 Å². The average Bonchev–Trinajstić information content (AvgIpc) is 3.10.